The molecule has 0 aliphatic heterocycles. The summed E-state index contributed by atoms with van der Waals surface area (Å²) in [5.41, 5.74) is -7.51. The summed E-state index contributed by atoms with van der Waals surface area (Å²) in [6, 6.07) is 0. The van der Waals surface area contributed by atoms with Crippen molar-refractivity contribution in [2.75, 3.05) is 13.2 Å². The lowest BCUT2D eigenvalue weighted by atomic mass is 9.64. The number of ether oxygens (including phenoxy) is 1. The Bertz CT molecular complexity index is 440. The third-order valence-corrected chi connectivity index (χ3v) is 5.79. The van der Waals surface area contributed by atoms with Crippen molar-refractivity contribution in [3.63, 3.8) is 0 Å². The second-order valence-corrected chi connectivity index (χ2v) is 6.60. The molecule has 0 aromatic rings. The van der Waals surface area contributed by atoms with Crippen LogP contribution in [0.15, 0.2) is 0 Å². The molecule has 0 heterocycles. The normalized spacial score (nSPS) is 43.4. The molecule has 6 unspecified atom stereocenters. The zero-order chi connectivity index (χ0) is 17.1. The van der Waals surface area contributed by atoms with Crippen LogP contribution in [-0.4, -0.2) is 41.7 Å². The SMILES string of the molecule is CC1C(C)C2CC1C(F)(F)C2(F)C(C)(OCCO)C(F)(F)F. The first-order valence-electron chi connectivity index (χ1n) is 7.24. The first-order valence-corrected chi connectivity index (χ1v) is 7.24. The molecule has 0 aromatic heterocycles. The van der Waals surface area contributed by atoms with Crippen LogP contribution in [0, 0.1) is 23.7 Å². The maximum Gasteiger partial charge on any atom is 0.420 e. The second kappa shape index (κ2) is 5.00. The molecule has 8 heteroatoms. The Balaban J connectivity index is 2.55. The summed E-state index contributed by atoms with van der Waals surface area (Å²) >= 11 is 0. The molecule has 0 radical (unpaired) electrons. The number of aliphatic hydroxyl groups excluding tert-OH is 1. The summed E-state index contributed by atoms with van der Waals surface area (Å²) < 4.78 is 89.3. The largest absolute Gasteiger partial charge is 0.420 e. The van der Waals surface area contributed by atoms with E-state index in [4.69, 9.17) is 5.11 Å². The number of hydrogen-bond acceptors (Lipinski definition) is 2. The Morgan fingerprint density at radius 2 is 1.59 bits per heavy atom. The van der Waals surface area contributed by atoms with Crippen LogP contribution >= 0.6 is 0 Å². The lowest BCUT2D eigenvalue weighted by molar-refractivity contribution is -0.363. The molecule has 0 aromatic carbocycles. The van der Waals surface area contributed by atoms with Gasteiger partial charge in [-0.05, 0) is 25.2 Å². The van der Waals surface area contributed by atoms with Gasteiger partial charge >= 0.3 is 6.18 Å². The molecular formula is C14H20F6O2. The Morgan fingerprint density at radius 3 is 2.00 bits per heavy atom. The van der Waals surface area contributed by atoms with Gasteiger partial charge in [-0.25, -0.2) is 13.2 Å². The highest BCUT2D eigenvalue weighted by molar-refractivity contribution is 5.25. The van der Waals surface area contributed by atoms with Gasteiger partial charge in [0.05, 0.1) is 13.2 Å². The van der Waals surface area contributed by atoms with E-state index < -0.39 is 60.3 Å². The molecule has 0 amide bonds. The van der Waals surface area contributed by atoms with Gasteiger partial charge in [-0.1, -0.05) is 13.8 Å². The minimum absolute atomic E-state index is 0.292. The number of hydrogen-bond donors (Lipinski definition) is 1. The van der Waals surface area contributed by atoms with Crippen molar-refractivity contribution in [3.8, 4) is 0 Å². The highest BCUT2D eigenvalue weighted by atomic mass is 19.4. The van der Waals surface area contributed by atoms with E-state index in [1.165, 1.54) is 13.8 Å². The van der Waals surface area contributed by atoms with E-state index in [0.29, 0.717) is 6.92 Å². The average molecular weight is 334 g/mol. The van der Waals surface area contributed by atoms with E-state index in [9.17, 15) is 22.0 Å². The molecule has 2 saturated carbocycles. The molecule has 130 valence electrons. The highest BCUT2D eigenvalue weighted by Gasteiger charge is 2.85. The lowest BCUT2D eigenvalue weighted by Crippen LogP contribution is -2.71. The smallest absolute Gasteiger partial charge is 0.394 e. The molecule has 2 fully saturated rings. The highest BCUT2D eigenvalue weighted by Crippen LogP contribution is 2.70. The van der Waals surface area contributed by atoms with Crippen LogP contribution in [0.2, 0.25) is 0 Å². The van der Waals surface area contributed by atoms with E-state index in [1.54, 1.807) is 0 Å². The molecule has 2 aliphatic rings. The van der Waals surface area contributed by atoms with Crippen LogP contribution in [-0.2, 0) is 4.74 Å². The van der Waals surface area contributed by atoms with Crippen molar-refractivity contribution >= 4 is 0 Å². The second-order valence-electron chi connectivity index (χ2n) is 6.60. The predicted octanol–water partition coefficient (Wildman–Crippen LogP) is 3.58. The Morgan fingerprint density at radius 1 is 1.09 bits per heavy atom. The molecule has 6 atom stereocenters. The average Bonchev–Trinajstić information content (AvgIpc) is 2.80. The van der Waals surface area contributed by atoms with Crippen LogP contribution in [0.25, 0.3) is 0 Å². The maximum atomic E-state index is 15.4. The fraction of sp³-hybridized carbons (Fsp3) is 1.00. The Hall–Kier alpha value is -0.500. The molecule has 22 heavy (non-hydrogen) atoms. The van der Waals surface area contributed by atoms with Crippen molar-refractivity contribution in [2.24, 2.45) is 23.7 Å². The number of rotatable bonds is 4. The van der Waals surface area contributed by atoms with Crippen LogP contribution in [0.1, 0.15) is 27.2 Å². The zero-order valence-electron chi connectivity index (χ0n) is 12.6. The van der Waals surface area contributed by atoms with Gasteiger partial charge in [0.1, 0.15) is 0 Å². The quantitative estimate of drug-likeness (QED) is 0.797. The molecule has 2 rings (SSSR count). The van der Waals surface area contributed by atoms with E-state index in [0.717, 1.165) is 0 Å². The summed E-state index contributed by atoms with van der Waals surface area (Å²) in [5, 5.41) is 8.68. The number of aliphatic hydroxyl groups is 1. The van der Waals surface area contributed by atoms with Gasteiger partial charge in [0.15, 0.2) is 0 Å². The minimum Gasteiger partial charge on any atom is -0.394 e. The predicted molar refractivity (Wildman–Crippen MR) is 66.2 cm³/mol. The summed E-state index contributed by atoms with van der Waals surface area (Å²) in [6.45, 7) is 1.67. The zero-order valence-corrected chi connectivity index (χ0v) is 12.6. The first-order chi connectivity index (χ1) is 9.86. The van der Waals surface area contributed by atoms with Gasteiger partial charge in [-0.3, -0.25) is 0 Å². The molecule has 0 spiro atoms. The van der Waals surface area contributed by atoms with E-state index in [2.05, 4.69) is 4.74 Å². The van der Waals surface area contributed by atoms with Gasteiger partial charge in [-0.15, -0.1) is 0 Å². The third-order valence-electron chi connectivity index (χ3n) is 5.79. The van der Waals surface area contributed by atoms with Gasteiger partial charge in [0.25, 0.3) is 5.92 Å². The Labute approximate surface area is 124 Å². The van der Waals surface area contributed by atoms with Gasteiger partial charge in [0, 0.05) is 11.8 Å². The minimum atomic E-state index is -5.33. The maximum absolute atomic E-state index is 15.4. The summed E-state index contributed by atoms with van der Waals surface area (Å²) in [7, 11) is 0. The molecule has 2 nitrogen and oxygen atoms in total. The van der Waals surface area contributed by atoms with E-state index in [-0.39, 0.29) is 6.42 Å². The van der Waals surface area contributed by atoms with Crippen LogP contribution in [0.5, 0.6) is 0 Å². The summed E-state index contributed by atoms with van der Waals surface area (Å²) in [5.74, 6) is -8.17. The molecule has 0 saturated heterocycles. The third kappa shape index (κ3) is 1.89. The molecule has 1 N–H and O–H groups in total. The fourth-order valence-corrected chi connectivity index (χ4v) is 4.27. The van der Waals surface area contributed by atoms with Crippen molar-refractivity contribution in [1.29, 1.82) is 0 Å². The topological polar surface area (TPSA) is 29.5 Å². The van der Waals surface area contributed by atoms with Crippen molar-refractivity contribution in [2.45, 2.75) is 50.6 Å². The van der Waals surface area contributed by atoms with Crippen LogP contribution < -0.4 is 0 Å². The van der Waals surface area contributed by atoms with Crippen LogP contribution in [0.3, 0.4) is 0 Å². The lowest BCUT2D eigenvalue weighted by Gasteiger charge is -2.51. The Kier molecular flexibility index (Phi) is 4.05. The fourth-order valence-electron chi connectivity index (χ4n) is 4.27. The number of fused-ring (bicyclic) bond motifs is 2. The summed E-state index contributed by atoms with van der Waals surface area (Å²) in [4.78, 5) is 0. The van der Waals surface area contributed by atoms with Crippen LogP contribution in [0.4, 0.5) is 26.3 Å². The van der Waals surface area contributed by atoms with E-state index >= 15 is 4.39 Å². The number of halogens is 6. The standard InChI is InChI=1S/C14H20F6O2/c1-7-8(2)10-6-9(7)12(15,13(10,16)17)11(3,14(18,19)20)22-5-4-21/h7-10,21H,4-6H2,1-3H3. The van der Waals surface area contributed by atoms with Crippen molar-refractivity contribution in [1.82, 2.24) is 0 Å². The van der Waals surface area contributed by atoms with Gasteiger partial charge < -0.3 is 9.84 Å². The first kappa shape index (κ1) is 17.8. The molecule has 2 aliphatic carbocycles. The monoisotopic (exact) mass is 334 g/mol. The molecule has 2 bridgehead atoms. The van der Waals surface area contributed by atoms with Crippen molar-refractivity contribution in [3.05, 3.63) is 0 Å². The van der Waals surface area contributed by atoms with E-state index in [1.807, 2.05) is 0 Å². The van der Waals surface area contributed by atoms with Gasteiger partial charge in [0.2, 0.25) is 11.3 Å². The van der Waals surface area contributed by atoms with Crippen molar-refractivity contribution < 1.29 is 36.2 Å². The molecular weight excluding hydrogens is 314 g/mol. The summed E-state index contributed by atoms with van der Waals surface area (Å²) in [6.07, 6.45) is -5.62. The number of alkyl halides is 6. The van der Waals surface area contributed by atoms with Gasteiger partial charge in [-0.2, -0.15) is 13.2 Å².